The lowest BCUT2D eigenvalue weighted by molar-refractivity contribution is 0.0634. The van der Waals surface area contributed by atoms with E-state index in [1.54, 1.807) is 12.1 Å². The van der Waals surface area contributed by atoms with Gasteiger partial charge in [-0.2, -0.15) is 5.10 Å². The Labute approximate surface area is 189 Å². The summed E-state index contributed by atoms with van der Waals surface area (Å²) in [5, 5.41) is 6.31. The van der Waals surface area contributed by atoms with Gasteiger partial charge in [0.2, 0.25) is 0 Å². The molecule has 1 aliphatic heterocycles. The Balaban J connectivity index is 1.51. The number of hydrogen-bond donors (Lipinski definition) is 2. The fourth-order valence-corrected chi connectivity index (χ4v) is 4.40. The van der Waals surface area contributed by atoms with Gasteiger partial charge in [0.25, 0.3) is 5.91 Å². The van der Waals surface area contributed by atoms with E-state index in [9.17, 15) is 9.59 Å². The van der Waals surface area contributed by atoms with Crippen LogP contribution in [0.1, 0.15) is 50.6 Å². The van der Waals surface area contributed by atoms with Crippen molar-refractivity contribution in [3.63, 3.8) is 0 Å². The van der Waals surface area contributed by atoms with E-state index in [0.29, 0.717) is 22.2 Å². The molecular formula is C22H26BrN5O3. The highest BCUT2D eigenvalue weighted by Crippen LogP contribution is 2.30. The summed E-state index contributed by atoms with van der Waals surface area (Å²) in [5.41, 5.74) is 8.45. The summed E-state index contributed by atoms with van der Waals surface area (Å²) in [5.74, 6) is 0.533. The van der Waals surface area contributed by atoms with Crippen molar-refractivity contribution < 1.29 is 14.0 Å². The molecule has 2 amide bonds. The molecule has 2 N–H and O–H groups in total. The number of amides is 2. The Morgan fingerprint density at radius 2 is 1.84 bits per heavy atom. The molecule has 1 aromatic heterocycles. The third kappa shape index (κ3) is 4.73. The number of rotatable bonds is 4. The van der Waals surface area contributed by atoms with Crippen LogP contribution in [0.2, 0.25) is 0 Å². The van der Waals surface area contributed by atoms with Gasteiger partial charge in [-0.1, -0.05) is 12.1 Å². The number of hydrazine groups is 1. The molecule has 0 radical (unpaired) electrons. The lowest BCUT2D eigenvalue weighted by atomic mass is 9.93. The molecule has 1 saturated heterocycles. The van der Waals surface area contributed by atoms with Crippen LogP contribution in [0.15, 0.2) is 38.3 Å². The average molecular weight is 488 g/mol. The minimum Gasteiger partial charge on any atom is -0.455 e. The van der Waals surface area contributed by atoms with E-state index in [2.05, 4.69) is 43.8 Å². The molecule has 31 heavy (non-hydrogen) atoms. The van der Waals surface area contributed by atoms with Crippen molar-refractivity contribution in [1.82, 2.24) is 20.8 Å². The SMILES string of the molecule is Cc1c(C(=O)NN2CCN(C)CC2)oc2c1/C(=N/NC(=O)c1ccccc1Br)CCC2. The van der Waals surface area contributed by atoms with Crippen LogP contribution in [0.25, 0.3) is 0 Å². The van der Waals surface area contributed by atoms with Gasteiger partial charge in [0, 0.05) is 48.2 Å². The summed E-state index contributed by atoms with van der Waals surface area (Å²) in [6.45, 7) is 5.23. The monoisotopic (exact) mass is 487 g/mol. The summed E-state index contributed by atoms with van der Waals surface area (Å²) in [4.78, 5) is 27.6. The Morgan fingerprint density at radius 1 is 1.10 bits per heavy atom. The van der Waals surface area contributed by atoms with Crippen LogP contribution >= 0.6 is 15.9 Å². The molecule has 0 bridgehead atoms. The van der Waals surface area contributed by atoms with Crippen molar-refractivity contribution in [3.8, 4) is 0 Å². The lowest BCUT2D eigenvalue weighted by Gasteiger charge is -2.32. The van der Waals surface area contributed by atoms with Gasteiger partial charge in [0.15, 0.2) is 5.76 Å². The van der Waals surface area contributed by atoms with Crippen molar-refractivity contribution in [1.29, 1.82) is 0 Å². The number of aryl methyl sites for hydroxylation is 1. The molecule has 0 unspecified atom stereocenters. The third-order valence-corrected chi connectivity index (χ3v) is 6.40. The summed E-state index contributed by atoms with van der Waals surface area (Å²) in [6.07, 6.45) is 2.31. The maximum absolute atomic E-state index is 12.9. The molecule has 2 heterocycles. The zero-order chi connectivity index (χ0) is 22.0. The highest BCUT2D eigenvalue weighted by Gasteiger charge is 2.29. The first kappa shape index (κ1) is 21.7. The molecule has 0 saturated carbocycles. The standard InChI is InChI=1S/C22H26BrN5O3/c1-14-19-17(24-25-21(29)15-6-3-4-7-16(15)23)8-5-9-18(19)31-20(14)22(30)26-28-12-10-27(2)11-13-28/h3-4,6-7H,5,8-13H2,1-2H3,(H,25,29)(H,26,30)/b24-17+. The zero-order valence-electron chi connectivity index (χ0n) is 17.7. The molecule has 2 aliphatic rings. The summed E-state index contributed by atoms with van der Waals surface area (Å²) >= 11 is 3.39. The van der Waals surface area contributed by atoms with Gasteiger partial charge in [0.05, 0.1) is 11.3 Å². The molecule has 0 atom stereocenters. The molecular weight excluding hydrogens is 462 g/mol. The predicted molar refractivity (Wildman–Crippen MR) is 121 cm³/mol. The fraction of sp³-hybridized carbons (Fsp3) is 0.409. The Morgan fingerprint density at radius 3 is 2.58 bits per heavy atom. The van der Waals surface area contributed by atoms with Gasteiger partial charge < -0.3 is 9.32 Å². The van der Waals surface area contributed by atoms with Gasteiger partial charge in [-0.15, -0.1) is 0 Å². The van der Waals surface area contributed by atoms with E-state index in [1.165, 1.54) is 0 Å². The van der Waals surface area contributed by atoms with Crippen LogP contribution in [0.5, 0.6) is 0 Å². The molecule has 4 rings (SSSR count). The second kappa shape index (κ2) is 9.33. The minimum atomic E-state index is -0.290. The number of halogens is 1. The van der Waals surface area contributed by atoms with E-state index in [-0.39, 0.29) is 11.8 Å². The number of hydrazone groups is 1. The first-order valence-electron chi connectivity index (χ1n) is 10.4. The molecule has 164 valence electrons. The first-order chi connectivity index (χ1) is 14.9. The van der Waals surface area contributed by atoms with E-state index in [0.717, 1.165) is 61.6 Å². The molecule has 0 spiro atoms. The van der Waals surface area contributed by atoms with Gasteiger partial charge >= 0.3 is 5.91 Å². The van der Waals surface area contributed by atoms with Gasteiger partial charge in [-0.05, 0) is 54.9 Å². The number of piperazine rings is 1. The molecule has 8 nitrogen and oxygen atoms in total. The summed E-state index contributed by atoms with van der Waals surface area (Å²) in [6, 6.07) is 7.20. The van der Waals surface area contributed by atoms with Crippen LogP contribution < -0.4 is 10.9 Å². The maximum Gasteiger partial charge on any atom is 0.301 e. The second-order valence-electron chi connectivity index (χ2n) is 7.92. The number of benzene rings is 1. The fourth-order valence-electron chi connectivity index (χ4n) is 3.93. The Kier molecular flexibility index (Phi) is 6.54. The lowest BCUT2D eigenvalue weighted by Crippen LogP contribution is -2.52. The first-order valence-corrected chi connectivity index (χ1v) is 11.2. The summed E-state index contributed by atoms with van der Waals surface area (Å²) in [7, 11) is 2.07. The van der Waals surface area contributed by atoms with Crippen LogP contribution in [-0.2, 0) is 6.42 Å². The van der Waals surface area contributed by atoms with E-state index < -0.39 is 0 Å². The number of carbonyl (C=O) groups excluding carboxylic acids is 2. The van der Waals surface area contributed by atoms with E-state index in [1.807, 2.05) is 24.1 Å². The number of nitrogens with one attached hydrogen (secondary N) is 2. The van der Waals surface area contributed by atoms with Gasteiger partial charge in [-0.25, -0.2) is 10.4 Å². The number of likely N-dealkylation sites (N-methyl/N-ethyl adjacent to an activating group) is 1. The van der Waals surface area contributed by atoms with E-state index >= 15 is 0 Å². The van der Waals surface area contributed by atoms with Crippen molar-refractivity contribution in [2.24, 2.45) is 5.10 Å². The Bertz CT molecular complexity index is 1020. The summed E-state index contributed by atoms with van der Waals surface area (Å²) < 4.78 is 6.66. The molecule has 1 aliphatic carbocycles. The van der Waals surface area contributed by atoms with Crippen molar-refractivity contribution in [2.45, 2.75) is 26.2 Å². The highest BCUT2D eigenvalue weighted by molar-refractivity contribution is 9.10. The van der Waals surface area contributed by atoms with Crippen molar-refractivity contribution in [3.05, 3.63) is 56.9 Å². The van der Waals surface area contributed by atoms with Crippen molar-refractivity contribution in [2.75, 3.05) is 33.2 Å². The number of furan rings is 1. The van der Waals surface area contributed by atoms with Crippen LogP contribution in [0, 0.1) is 6.92 Å². The molecule has 9 heteroatoms. The smallest absolute Gasteiger partial charge is 0.301 e. The van der Waals surface area contributed by atoms with Crippen LogP contribution in [0.3, 0.4) is 0 Å². The van der Waals surface area contributed by atoms with Gasteiger partial charge in [0.1, 0.15) is 5.76 Å². The minimum absolute atomic E-state index is 0.243. The number of fused-ring (bicyclic) bond motifs is 1. The second-order valence-corrected chi connectivity index (χ2v) is 8.77. The van der Waals surface area contributed by atoms with Gasteiger partial charge in [-0.3, -0.25) is 15.0 Å². The normalized spacial score (nSPS) is 18.6. The topological polar surface area (TPSA) is 90.2 Å². The van der Waals surface area contributed by atoms with Crippen molar-refractivity contribution >= 4 is 33.5 Å². The highest BCUT2D eigenvalue weighted by atomic mass is 79.9. The third-order valence-electron chi connectivity index (χ3n) is 5.71. The predicted octanol–water partition coefficient (Wildman–Crippen LogP) is 2.71. The zero-order valence-corrected chi connectivity index (χ0v) is 19.3. The largest absolute Gasteiger partial charge is 0.455 e. The number of carbonyl (C=O) groups is 2. The quantitative estimate of drug-likeness (QED) is 0.647. The number of nitrogens with zero attached hydrogens (tertiary/aromatic N) is 3. The van der Waals surface area contributed by atoms with Crippen LogP contribution in [0.4, 0.5) is 0 Å². The molecule has 1 aromatic carbocycles. The van der Waals surface area contributed by atoms with E-state index in [4.69, 9.17) is 4.42 Å². The Hall–Kier alpha value is -2.49. The average Bonchev–Trinajstić information content (AvgIpc) is 3.11. The molecule has 2 aromatic rings. The van der Waals surface area contributed by atoms with Crippen LogP contribution in [-0.4, -0.2) is 60.7 Å². The maximum atomic E-state index is 12.9. The molecule has 1 fully saturated rings. The number of hydrogen-bond acceptors (Lipinski definition) is 6.